The van der Waals surface area contributed by atoms with Crippen molar-refractivity contribution >= 4 is 5.78 Å². The average molecular weight is 186 g/mol. The van der Waals surface area contributed by atoms with Crippen LogP contribution < -0.4 is 0 Å². The van der Waals surface area contributed by atoms with Gasteiger partial charge >= 0.3 is 0 Å². The number of allylic oxidation sites excluding steroid dienone is 2. The Hall–Kier alpha value is -0.730. The molecule has 0 heterocycles. The normalized spacial score (nSPS) is 32.3. The second-order valence-corrected chi connectivity index (χ2v) is 3.98. The molecule has 2 aliphatic carbocycles. The summed E-state index contributed by atoms with van der Waals surface area (Å²) in [5.41, 5.74) is 0.960. The molecule has 2 aliphatic rings. The number of fused-ring (bicyclic) bond motifs is 1. The van der Waals surface area contributed by atoms with E-state index in [0.717, 1.165) is 5.57 Å². The SMILES string of the molecule is O=C1C=C2CCC(F)(F)CC2CC1. The van der Waals surface area contributed by atoms with Gasteiger partial charge in [-0.1, -0.05) is 5.57 Å². The van der Waals surface area contributed by atoms with E-state index in [0.29, 0.717) is 19.3 Å². The molecule has 1 unspecified atom stereocenters. The maximum atomic E-state index is 13.0. The van der Waals surface area contributed by atoms with Gasteiger partial charge in [-0.25, -0.2) is 8.78 Å². The topological polar surface area (TPSA) is 17.1 Å². The Kier molecular flexibility index (Phi) is 1.97. The standard InChI is InChI=1S/C10H12F2O/c11-10(12)4-3-7-5-9(13)2-1-8(7)6-10/h5,8H,1-4,6H2. The molecule has 0 aliphatic heterocycles. The molecule has 13 heavy (non-hydrogen) atoms. The van der Waals surface area contributed by atoms with Crippen LogP contribution in [0.25, 0.3) is 0 Å². The maximum absolute atomic E-state index is 13.0. The Labute approximate surface area is 75.8 Å². The van der Waals surface area contributed by atoms with Gasteiger partial charge in [-0.05, 0) is 24.8 Å². The van der Waals surface area contributed by atoms with Gasteiger partial charge in [0.25, 0.3) is 0 Å². The monoisotopic (exact) mass is 186 g/mol. The van der Waals surface area contributed by atoms with Crippen LogP contribution in [0.4, 0.5) is 8.78 Å². The summed E-state index contributed by atoms with van der Waals surface area (Å²) < 4.78 is 25.9. The molecule has 0 amide bonds. The van der Waals surface area contributed by atoms with Crippen molar-refractivity contribution in [3.63, 3.8) is 0 Å². The number of ketones is 1. The van der Waals surface area contributed by atoms with Crippen LogP contribution in [0.15, 0.2) is 11.6 Å². The van der Waals surface area contributed by atoms with E-state index in [4.69, 9.17) is 0 Å². The minimum absolute atomic E-state index is 0.0264. The van der Waals surface area contributed by atoms with Crippen molar-refractivity contribution in [3.8, 4) is 0 Å². The second kappa shape index (κ2) is 2.89. The summed E-state index contributed by atoms with van der Waals surface area (Å²) in [5.74, 6) is -2.42. The fourth-order valence-corrected chi connectivity index (χ4v) is 2.20. The number of carbonyl (C=O) groups excluding carboxylic acids is 1. The van der Waals surface area contributed by atoms with E-state index >= 15 is 0 Å². The van der Waals surface area contributed by atoms with Crippen LogP contribution in [0.3, 0.4) is 0 Å². The number of alkyl halides is 2. The number of halogens is 2. The quantitative estimate of drug-likeness (QED) is 0.568. The zero-order chi connectivity index (χ0) is 9.47. The molecule has 1 saturated carbocycles. The first-order chi connectivity index (χ1) is 6.07. The van der Waals surface area contributed by atoms with Gasteiger partial charge in [0, 0.05) is 19.3 Å². The molecule has 0 aromatic rings. The average Bonchev–Trinajstić information content (AvgIpc) is 2.05. The number of rotatable bonds is 0. The van der Waals surface area contributed by atoms with Gasteiger partial charge in [-0.15, -0.1) is 0 Å². The molecule has 72 valence electrons. The maximum Gasteiger partial charge on any atom is 0.249 e. The van der Waals surface area contributed by atoms with Crippen molar-refractivity contribution in [2.24, 2.45) is 5.92 Å². The Bertz CT molecular complexity index is 268. The molecule has 1 nitrogen and oxygen atoms in total. The number of hydrogen-bond donors (Lipinski definition) is 0. The lowest BCUT2D eigenvalue weighted by atomic mass is 9.76. The van der Waals surface area contributed by atoms with Gasteiger partial charge in [0.2, 0.25) is 5.92 Å². The highest BCUT2D eigenvalue weighted by Crippen LogP contribution is 2.43. The van der Waals surface area contributed by atoms with Crippen LogP contribution in [0, 0.1) is 5.92 Å². The van der Waals surface area contributed by atoms with E-state index in [1.54, 1.807) is 6.08 Å². The summed E-state index contributed by atoms with van der Waals surface area (Å²) >= 11 is 0. The van der Waals surface area contributed by atoms with Crippen molar-refractivity contribution in [2.75, 3.05) is 0 Å². The van der Waals surface area contributed by atoms with Crippen LogP contribution in [0.2, 0.25) is 0 Å². The van der Waals surface area contributed by atoms with Crippen molar-refractivity contribution in [1.82, 2.24) is 0 Å². The van der Waals surface area contributed by atoms with E-state index in [2.05, 4.69) is 0 Å². The fourth-order valence-electron chi connectivity index (χ4n) is 2.20. The molecule has 0 saturated heterocycles. The highest BCUT2D eigenvalue weighted by Gasteiger charge is 2.39. The molecular formula is C10H12F2O. The molecule has 3 heteroatoms. The minimum atomic E-state index is -2.50. The third-order valence-electron chi connectivity index (χ3n) is 2.93. The second-order valence-electron chi connectivity index (χ2n) is 3.98. The molecule has 0 aromatic carbocycles. The lowest BCUT2D eigenvalue weighted by molar-refractivity contribution is -0.116. The molecule has 0 aromatic heterocycles. The van der Waals surface area contributed by atoms with Crippen LogP contribution >= 0.6 is 0 Å². The Morgan fingerprint density at radius 1 is 1.38 bits per heavy atom. The minimum Gasteiger partial charge on any atom is -0.295 e. The molecule has 1 fully saturated rings. The van der Waals surface area contributed by atoms with Crippen molar-refractivity contribution in [1.29, 1.82) is 0 Å². The molecule has 0 radical (unpaired) electrons. The van der Waals surface area contributed by atoms with Gasteiger partial charge in [0.1, 0.15) is 0 Å². The Balaban J connectivity index is 2.16. The predicted molar refractivity (Wildman–Crippen MR) is 44.6 cm³/mol. The number of carbonyl (C=O) groups is 1. The van der Waals surface area contributed by atoms with E-state index in [1.807, 2.05) is 0 Å². The Morgan fingerprint density at radius 2 is 2.15 bits per heavy atom. The van der Waals surface area contributed by atoms with Gasteiger partial charge in [-0.3, -0.25) is 4.79 Å². The molecular weight excluding hydrogens is 174 g/mol. The molecule has 0 bridgehead atoms. The molecule has 1 atom stereocenters. The highest BCUT2D eigenvalue weighted by atomic mass is 19.3. The van der Waals surface area contributed by atoms with E-state index in [9.17, 15) is 13.6 Å². The highest BCUT2D eigenvalue weighted by molar-refractivity contribution is 5.91. The van der Waals surface area contributed by atoms with Crippen LogP contribution in [-0.2, 0) is 4.79 Å². The third kappa shape index (κ3) is 1.79. The lowest BCUT2D eigenvalue weighted by Gasteiger charge is -2.33. The fraction of sp³-hybridized carbons (Fsp3) is 0.700. The first kappa shape index (κ1) is 8.85. The first-order valence-electron chi connectivity index (χ1n) is 4.68. The molecule has 0 N–H and O–H groups in total. The zero-order valence-electron chi connectivity index (χ0n) is 7.35. The zero-order valence-corrected chi connectivity index (χ0v) is 7.35. The summed E-state index contributed by atoms with van der Waals surface area (Å²) in [7, 11) is 0. The summed E-state index contributed by atoms with van der Waals surface area (Å²) in [4.78, 5) is 11.0. The van der Waals surface area contributed by atoms with Crippen LogP contribution in [-0.4, -0.2) is 11.7 Å². The van der Waals surface area contributed by atoms with Crippen molar-refractivity contribution in [3.05, 3.63) is 11.6 Å². The van der Waals surface area contributed by atoms with Crippen molar-refractivity contribution < 1.29 is 13.6 Å². The predicted octanol–water partition coefficient (Wildman–Crippen LogP) is 2.71. The third-order valence-corrected chi connectivity index (χ3v) is 2.93. The van der Waals surface area contributed by atoms with Gasteiger partial charge in [0.15, 0.2) is 5.78 Å². The number of hydrogen-bond acceptors (Lipinski definition) is 1. The van der Waals surface area contributed by atoms with E-state index < -0.39 is 5.92 Å². The molecule has 0 spiro atoms. The first-order valence-corrected chi connectivity index (χ1v) is 4.68. The smallest absolute Gasteiger partial charge is 0.249 e. The van der Waals surface area contributed by atoms with Crippen LogP contribution in [0.5, 0.6) is 0 Å². The van der Waals surface area contributed by atoms with Gasteiger partial charge < -0.3 is 0 Å². The Morgan fingerprint density at radius 3 is 2.92 bits per heavy atom. The van der Waals surface area contributed by atoms with Gasteiger partial charge in [0.05, 0.1) is 0 Å². The summed E-state index contributed by atoms with van der Waals surface area (Å²) in [6.45, 7) is 0. The summed E-state index contributed by atoms with van der Waals surface area (Å²) in [6, 6.07) is 0. The molecule has 2 rings (SSSR count). The van der Waals surface area contributed by atoms with E-state index in [-0.39, 0.29) is 24.5 Å². The van der Waals surface area contributed by atoms with E-state index in [1.165, 1.54) is 0 Å². The largest absolute Gasteiger partial charge is 0.295 e. The van der Waals surface area contributed by atoms with Gasteiger partial charge in [-0.2, -0.15) is 0 Å². The lowest BCUT2D eigenvalue weighted by Crippen LogP contribution is -2.30. The van der Waals surface area contributed by atoms with Crippen LogP contribution in [0.1, 0.15) is 32.1 Å². The van der Waals surface area contributed by atoms with Crippen molar-refractivity contribution in [2.45, 2.75) is 38.0 Å². The summed E-state index contributed by atoms with van der Waals surface area (Å²) in [5, 5.41) is 0. The summed E-state index contributed by atoms with van der Waals surface area (Å²) in [6.07, 6.45) is 2.94.